The standard InChI is InChI=1S/C14H23F3N2O/c1-18-8-10-5-6-19(9-10)13(20)11-3-2-4-12(7-11)14(15,16)17/h10-12,18H,2-9H2,1H3. The molecule has 1 N–H and O–H groups in total. The van der Waals surface area contributed by atoms with Gasteiger partial charge in [-0.2, -0.15) is 13.2 Å². The maximum Gasteiger partial charge on any atom is 0.391 e. The summed E-state index contributed by atoms with van der Waals surface area (Å²) in [5.41, 5.74) is 0. The Morgan fingerprint density at radius 1 is 1.30 bits per heavy atom. The van der Waals surface area contributed by atoms with Gasteiger partial charge in [0.25, 0.3) is 0 Å². The third kappa shape index (κ3) is 3.65. The van der Waals surface area contributed by atoms with Crippen LogP contribution in [-0.4, -0.2) is 43.7 Å². The van der Waals surface area contributed by atoms with Gasteiger partial charge in [-0.15, -0.1) is 0 Å². The zero-order valence-corrected chi connectivity index (χ0v) is 11.9. The first kappa shape index (κ1) is 15.6. The molecule has 3 atom stereocenters. The highest BCUT2D eigenvalue weighted by molar-refractivity contribution is 5.79. The Bertz CT molecular complexity index is 346. The van der Waals surface area contributed by atoms with Crippen molar-refractivity contribution in [1.29, 1.82) is 0 Å². The minimum Gasteiger partial charge on any atom is -0.342 e. The Labute approximate surface area is 117 Å². The molecule has 6 heteroatoms. The van der Waals surface area contributed by atoms with E-state index in [9.17, 15) is 18.0 Å². The van der Waals surface area contributed by atoms with Gasteiger partial charge in [0.2, 0.25) is 5.91 Å². The molecule has 0 spiro atoms. The first-order chi connectivity index (χ1) is 9.41. The molecule has 20 heavy (non-hydrogen) atoms. The number of nitrogens with one attached hydrogen (secondary N) is 1. The fourth-order valence-electron chi connectivity index (χ4n) is 3.46. The maximum atomic E-state index is 12.8. The number of nitrogens with zero attached hydrogens (tertiary/aromatic N) is 1. The van der Waals surface area contributed by atoms with Crippen molar-refractivity contribution in [2.75, 3.05) is 26.7 Å². The molecule has 0 bridgehead atoms. The van der Waals surface area contributed by atoms with Gasteiger partial charge in [0.1, 0.15) is 0 Å². The predicted molar refractivity (Wildman–Crippen MR) is 70.1 cm³/mol. The molecule has 0 aromatic carbocycles. The molecule has 1 heterocycles. The molecule has 1 saturated carbocycles. The minimum atomic E-state index is -4.15. The van der Waals surface area contributed by atoms with Crippen LogP contribution in [0.5, 0.6) is 0 Å². The summed E-state index contributed by atoms with van der Waals surface area (Å²) >= 11 is 0. The van der Waals surface area contributed by atoms with E-state index in [4.69, 9.17) is 0 Å². The number of amides is 1. The number of hydrogen-bond donors (Lipinski definition) is 1. The summed E-state index contributed by atoms with van der Waals surface area (Å²) in [5.74, 6) is -1.34. The van der Waals surface area contributed by atoms with E-state index in [1.165, 1.54) is 0 Å². The van der Waals surface area contributed by atoms with E-state index in [1.807, 2.05) is 7.05 Å². The number of alkyl halides is 3. The van der Waals surface area contributed by atoms with Crippen molar-refractivity contribution in [3.05, 3.63) is 0 Å². The Morgan fingerprint density at radius 2 is 2.05 bits per heavy atom. The molecule has 2 rings (SSSR count). The molecule has 3 unspecified atom stereocenters. The molecule has 2 fully saturated rings. The van der Waals surface area contributed by atoms with E-state index in [1.54, 1.807) is 4.90 Å². The van der Waals surface area contributed by atoms with Crippen LogP contribution in [0.1, 0.15) is 32.1 Å². The van der Waals surface area contributed by atoms with Crippen molar-refractivity contribution < 1.29 is 18.0 Å². The average molecular weight is 292 g/mol. The van der Waals surface area contributed by atoms with E-state index >= 15 is 0 Å². The Hall–Kier alpha value is -0.780. The van der Waals surface area contributed by atoms with Gasteiger partial charge in [-0.1, -0.05) is 6.42 Å². The van der Waals surface area contributed by atoms with E-state index in [-0.39, 0.29) is 18.7 Å². The minimum absolute atomic E-state index is 0.0183. The average Bonchev–Trinajstić information content (AvgIpc) is 2.86. The molecule has 0 radical (unpaired) electrons. The lowest BCUT2D eigenvalue weighted by Crippen LogP contribution is -2.39. The Kier molecular flexibility index (Phi) is 4.94. The summed E-state index contributed by atoms with van der Waals surface area (Å²) in [5, 5.41) is 3.09. The van der Waals surface area contributed by atoms with Crippen LogP contribution in [0.4, 0.5) is 13.2 Å². The molecular formula is C14H23F3N2O. The lowest BCUT2D eigenvalue weighted by molar-refractivity contribution is -0.187. The number of rotatable bonds is 3. The van der Waals surface area contributed by atoms with Crippen LogP contribution in [-0.2, 0) is 4.79 Å². The van der Waals surface area contributed by atoms with Gasteiger partial charge in [0.15, 0.2) is 0 Å². The second-order valence-electron chi connectivity index (χ2n) is 6.10. The summed E-state index contributed by atoms with van der Waals surface area (Å²) in [4.78, 5) is 14.1. The van der Waals surface area contributed by atoms with E-state index in [0.717, 1.165) is 13.0 Å². The van der Waals surface area contributed by atoms with Crippen LogP contribution < -0.4 is 5.32 Å². The lowest BCUT2D eigenvalue weighted by atomic mass is 9.80. The van der Waals surface area contributed by atoms with Gasteiger partial charge in [0.05, 0.1) is 5.92 Å². The van der Waals surface area contributed by atoms with Gasteiger partial charge in [-0.05, 0) is 45.2 Å². The maximum absolute atomic E-state index is 12.8. The summed E-state index contributed by atoms with van der Waals surface area (Å²) in [6, 6.07) is 0. The third-order valence-electron chi connectivity index (χ3n) is 4.58. The molecule has 1 saturated heterocycles. The van der Waals surface area contributed by atoms with Crippen molar-refractivity contribution in [1.82, 2.24) is 10.2 Å². The van der Waals surface area contributed by atoms with Crippen molar-refractivity contribution in [3.63, 3.8) is 0 Å². The highest BCUT2D eigenvalue weighted by Gasteiger charge is 2.44. The highest BCUT2D eigenvalue weighted by Crippen LogP contribution is 2.40. The third-order valence-corrected chi connectivity index (χ3v) is 4.58. The number of hydrogen-bond acceptors (Lipinski definition) is 2. The predicted octanol–water partition coefficient (Wildman–Crippen LogP) is 2.42. The number of carbonyl (C=O) groups is 1. The van der Waals surface area contributed by atoms with E-state index < -0.39 is 18.0 Å². The fourth-order valence-corrected chi connectivity index (χ4v) is 3.46. The topological polar surface area (TPSA) is 32.3 Å². The smallest absolute Gasteiger partial charge is 0.342 e. The molecule has 0 aromatic heterocycles. The Morgan fingerprint density at radius 3 is 2.70 bits per heavy atom. The van der Waals surface area contributed by atoms with Gasteiger partial charge >= 0.3 is 6.18 Å². The molecule has 3 nitrogen and oxygen atoms in total. The molecule has 1 aliphatic heterocycles. The zero-order chi connectivity index (χ0) is 14.8. The SMILES string of the molecule is CNCC1CCN(C(=O)C2CCCC(C(F)(F)F)C2)C1. The highest BCUT2D eigenvalue weighted by atomic mass is 19.4. The first-order valence-electron chi connectivity index (χ1n) is 7.42. The summed E-state index contributed by atoms with van der Waals surface area (Å²) in [6.45, 7) is 2.24. The van der Waals surface area contributed by atoms with E-state index in [0.29, 0.717) is 31.8 Å². The van der Waals surface area contributed by atoms with Crippen LogP contribution in [0.2, 0.25) is 0 Å². The second kappa shape index (κ2) is 6.33. The normalized spacial score (nSPS) is 31.6. The molecule has 1 aliphatic carbocycles. The summed E-state index contributed by atoms with van der Waals surface area (Å²) in [6.07, 6.45) is -1.93. The van der Waals surface area contributed by atoms with Crippen LogP contribution in [0.15, 0.2) is 0 Å². The van der Waals surface area contributed by atoms with Gasteiger partial charge in [0, 0.05) is 19.0 Å². The summed E-state index contributed by atoms with van der Waals surface area (Å²) in [7, 11) is 1.87. The van der Waals surface area contributed by atoms with Gasteiger partial charge in [-0.3, -0.25) is 4.79 Å². The monoisotopic (exact) mass is 292 g/mol. The zero-order valence-electron chi connectivity index (χ0n) is 11.9. The number of carbonyl (C=O) groups excluding carboxylic acids is 1. The van der Waals surface area contributed by atoms with Crippen LogP contribution in [0.3, 0.4) is 0 Å². The van der Waals surface area contributed by atoms with Crippen LogP contribution in [0, 0.1) is 17.8 Å². The molecule has 2 aliphatic rings. The summed E-state index contributed by atoms with van der Waals surface area (Å²) < 4.78 is 38.4. The first-order valence-corrected chi connectivity index (χ1v) is 7.42. The van der Waals surface area contributed by atoms with Gasteiger partial charge in [-0.25, -0.2) is 0 Å². The van der Waals surface area contributed by atoms with Crippen molar-refractivity contribution in [2.45, 2.75) is 38.3 Å². The quantitative estimate of drug-likeness (QED) is 0.866. The van der Waals surface area contributed by atoms with Crippen molar-refractivity contribution in [3.8, 4) is 0 Å². The number of halogens is 3. The van der Waals surface area contributed by atoms with Crippen molar-refractivity contribution in [2.24, 2.45) is 17.8 Å². The molecule has 116 valence electrons. The number of likely N-dealkylation sites (tertiary alicyclic amines) is 1. The molecule has 0 aromatic rings. The van der Waals surface area contributed by atoms with Crippen molar-refractivity contribution >= 4 is 5.91 Å². The van der Waals surface area contributed by atoms with Gasteiger partial charge < -0.3 is 10.2 Å². The van der Waals surface area contributed by atoms with Crippen LogP contribution in [0.25, 0.3) is 0 Å². The van der Waals surface area contributed by atoms with E-state index in [2.05, 4.69) is 5.32 Å². The second-order valence-corrected chi connectivity index (χ2v) is 6.10. The molecular weight excluding hydrogens is 269 g/mol. The largest absolute Gasteiger partial charge is 0.391 e. The molecule has 1 amide bonds. The Balaban J connectivity index is 1.89. The lowest BCUT2D eigenvalue weighted by Gasteiger charge is -2.32. The fraction of sp³-hybridized carbons (Fsp3) is 0.929. The van der Waals surface area contributed by atoms with Crippen LogP contribution >= 0.6 is 0 Å².